The molecule has 5 heteroatoms. The van der Waals surface area contributed by atoms with Crippen molar-refractivity contribution in [3.63, 3.8) is 0 Å². The lowest BCUT2D eigenvalue weighted by molar-refractivity contribution is 0.474. The normalized spacial score (nSPS) is 11.0. The molecule has 0 radical (unpaired) electrons. The van der Waals surface area contributed by atoms with Gasteiger partial charge in [0.25, 0.3) is 0 Å². The number of nitrogens with one attached hydrogen (secondary N) is 1. The summed E-state index contributed by atoms with van der Waals surface area (Å²) in [5.74, 6) is 0.201. The quantitative estimate of drug-likeness (QED) is 0.559. The van der Waals surface area contributed by atoms with E-state index in [-0.39, 0.29) is 5.75 Å². The summed E-state index contributed by atoms with van der Waals surface area (Å²) in [5, 5.41) is 16.5. The third kappa shape index (κ3) is 3.32. The van der Waals surface area contributed by atoms with E-state index in [9.17, 15) is 5.11 Å². The lowest BCUT2D eigenvalue weighted by atomic mass is 10.1. The van der Waals surface area contributed by atoms with Gasteiger partial charge in [0.1, 0.15) is 5.75 Å². The number of nitrogens with zero attached hydrogens (tertiary/aromatic N) is 2. The van der Waals surface area contributed by atoms with Crippen LogP contribution in [0.25, 0.3) is 11.3 Å². The molecule has 0 saturated heterocycles. The first-order chi connectivity index (χ1) is 10.7. The van der Waals surface area contributed by atoms with E-state index in [1.807, 2.05) is 11.4 Å². The maximum atomic E-state index is 9.65. The summed E-state index contributed by atoms with van der Waals surface area (Å²) >= 11 is 1.49. The number of aryl methyl sites for hydroxylation is 1. The largest absolute Gasteiger partial charge is 0.507 e. The van der Waals surface area contributed by atoms with E-state index in [1.54, 1.807) is 24.4 Å². The van der Waals surface area contributed by atoms with E-state index in [2.05, 4.69) is 46.7 Å². The number of thiazole rings is 1. The number of para-hydroxylation sites is 1. The van der Waals surface area contributed by atoms with Crippen LogP contribution in [0.15, 0.2) is 59.0 Å². The fraction of sp³-hybridized carbons (Fsp3) is 0.0588. The SMILES string of the molecule is Cc1ccc(-c2csc(N/N=C\c3ccccc3O)n2)cc1. The highest BCUT2D eigenvalue weighted by molar-refractivity contribution is 7.14. The Morgan fingerprint density at radius 1 is 1.14 bits per heavy atom. The van der Waals surface area contributed by atoms with Crippen molar-refractivity contribution in [3.05, 3.63) is 65.0 Å². The van der Waals surface area contributed by atoms with E-state index in [1.165, 1.54) is 16.9 Å². The zero-order chi connectivity index (χ0) is 15.4. The van der Waals surface area contributed by atoms with Gasteiger partial charge in [-0.1, -0.05) is 42.0 Å². The number of hydrogen-bond donors (Lipinski definition) is 2. The standard InChI is InChI=1S/C17H15N3OS/c1-12-6-8-13(9-7-12)15-11-22-17(19-15)20-18-10-14-4-2-3-5-16(14)21/h2-11,21H,1H3,(H,19,20)/b18-10-. The van der Waals surface area contributed by atoms with Crippen molar-refractivity contribution in [2.45, 2.75) is 6.92 Å². The van der Waals surface area contributed by atoms with E-state index in [0.29, 0.717) is 10.7 Å². The molecule has 0 fully saturated rings. The number of hydrazone groups is 1. The van der Waals surface area contributed by atoms with Crippen LogP contribution in [-0.2, 0) is 0 Å². The molecule has 1 heterocycles. The van der Waals surface area contributed by atoms with Crippen molar-refractivity contribution in [2.24, 2.45) is 5.10 Å². The second-order valence-electron chi connectivity index (χ2n) is 4.83. The van der Waals surface area contributed by atoms with Gasteiger partial charge in [-0.25, -0.2) is 4.98 Å². The summed E-state index contributed by atoms with van der Waals surface area (Å²) in [6.07, 6.45) is 1.57. The average Bonchev–Trinajstić information content (AvgIpc) is 2.99. The zero-order valence-corrected chi connectivity index (χ0v) is 12.8. The number of rotatable bonds is 4. The van der Waals surface area contributed by atoms with Crippen LogP contribution in [-0.4, -0.2) is 16.3 Å². The van der Waals surface area contributed by atoms with E-state index in [0.717, 1.165) is 11.3 Å². The minimum absolute atomic E-state index is 0.201. The van der Waals surface area contributed by atoms with Crippen LogP contribution in [0.2, 0.25) is 0 Å². The van der Waals surface area contributed by atoms with Crippen LogP contribution in [0.3, 0.4) is 0 Å². The number of phenols is 1. The van der Waals surface area contributed by atoms with E-state index >= 15 is 0 Å². The van der Waals surface area contributed by atoms with Gasteiger partial charge in [0.05, 0.1) is 11.9 Å². The molecule has 0 aliphatic rings. The van der Waals surface area contributed by atoms with Crippen molar-refractivity contribution in [2.75, 3.05) is 5.43 Å². The molecule has 0 amide bonds. The number of hydrogen-bond acceptors (Lipinski definition) is 5. The van der Waals surface area contributed by atoms with Crippen LogP contribution in [0.1, 0.15) is 11.1 Å². The second-order valence-corrected chi connectivity index (χ2v) is 5.69. The number of phenolic OH excluding ortho intramolecular Hbond substituents is 1. The molecule has 0 spiro atoms. The monoisotopic (exact) mass is 309 g/mol. The molecule has 0 saturated carbocycles. The molecular weight excluding hydrogens is 294 g/mol. The van der Waals surface area contributed by atoms with Crippen molar-refractivity contribution >= 4 is 22.7 Å². The molecule has 1 aromatic heterocycles. The Kier molecular flexibility index (Phi) is 4.16. The zero-order valence-electron chi connectivity index (χ0n) is 12.0. The highest BCUT2D eigenvalue weighted by atomic mass is 32.1. The smallest absolute Gasteiger partial charge is 0.203 e. The lowest BCUT2D eigenvalue weighted by Crippen LogP contribution is -1.90. The van der Waals surface area contributed by atoms with Gasteiger partial charge in [0, 0.05) is 16.5 Å². The van der Waals surface area contributed by atoms with Gasteiger partial charge in [-0.2, -0.15) is 5.10 Å². The van der Waals surface area contributed by atoms with E-state index in [4.69, 9.17) is 0 Å². The van der Waals surface area contributed by atoms with Gasteiger partial charge in [0.15, 0.2) is 0 Å². The van der Waals surface area contributed by atoms with Gasteiger partial charge in [-0.3, -0.25) is 5.43 Å². The minimum Gasteiger partial charge on any atom is -0.507 e. The molecule has 0 unspecified atom stereocenters. The molecular formula is C17H15N3OS. The third-order valence-corrected chi connectivity index (χ3v) is 3.90. The Balaban J connectivity index is 1.70. The summed E-state index contributed by atoms with van der Waals surface area (Å²) in [6.45, 7) is 2.06. The molecule has 3 rings (SSSR count). The Morgan fingerprint density at radius 2 is 1.91 bits per heavy atom. The maximum absolute atomic E-state index is 9.65. The van der Waals surface area contributed by atoms with Gasteiger partial charge in [-0.15, -0.1) is 11.3 Å². The molecule has 0 atom stereocenters. The second kappa shape index (κ2) is 6.41. The number of anilines is 1. The van der Waals surface area contributed by atoms with Crippen molar-refractivity contribution in [3.8, 4) is 17.0 Å². The predicted molar refractivity (Wildman–Crippen MR) is 91.6 cm³/mol. The fourth-order valence-electron chi connectivity index (χ4n) is 1.94. The summed E-state index contributed by atoms with van der Waals surface area (Å²) < 4.78 is 0. The van der Waals surface area contributed by atoms with Gasteiger partial charge >= 0.3 is 0 Å². The molecule has 2 aromatic carbocycles. The molecule has 0 aliphatic heterocycles. The highest BCUT2D eigenvalue weighted by Gasteiger charge is 2.03. The fourth-order valence-corrected chi connectivity index (χ4v) is 2.60. The van der Waals surface area contributed by atoms with Gasteiger partial charge < -0.3 is 5.11 Å². The number of aromatic nitrogens is 1. The highest BCUT2D eigenvalue weighted by Crippen LogP contribution is 2.25. The Hall–Kier alpha value is -2.66. The number of aromatic hydroxyl groups is 1. The Bertz CT molecular complexity index is 794. The molecule has 110 valence electrons. The molecule has 4 nitrogen and oxygen atoms in total. The van der Waals surface area contributed by atoms with Gasteiger partial charge in [0.2, 0.25) is 5.13 Å². The first-order valence-electron chi connectivity index (χ1n) is 6.82. The third-order valence-electron chi connectivity index (χ3n) is 3.15. The lowest BCUT2D eigenvalue weighted by Gasteiger charge is -1.98. The van der Waals surface area contributed by atoms with Crippen molar-refractivity contribution < 1.29 is 5.11 Å². The molecule has 0 aliphatic carbocycles. The topological polar surface area (TPSA) is 57.5 Å². The van der Waals surface area contributed by atoms with Crippen LogP contribution in [0, 0.1) is 6.92 Å². The van der Waals surface area contributed by atoms with Crippen LogP contribution >= 0.6 is 11.3 Å². The predicted octanol–water partition coefficient (Wildman–Crippen LogP) is 4.27. The first kappa shape index (κ1) is 14.3. The minimum atomic E-state index is 0.201. The number of benzene rings is 2. The summed E-state index contributed by atoms with van der Waals surface area (Å²) in [6, 6.07) is 15.3. The summed E-state index contributed by atoms with van der Waals surface area (Å²) in [7, 11) is 0. The van der Waals surface area contributed by atoms with Gasteiger partial charge in [-0.05, 0) is 19.1 Å². The van der Waals surface area contributed by atoms with Crippen molar-refractivity contribution in [1.82, 2.24) is 4.98 Å². The van der Waals surface area contributed by atoms with E-state index < -0.39 is 0 Å². The average molecular weight is 309 g/mol. The van der Waals surface area contributed by atoms with Crippen LogP contribution in [0.5, 0.6) is 5.75 Å². The van der Waals surface area contributed by atoms with Crippen molar-refractivity contribution in [1.29, 1.82) is 0 Å². The molecule has 0 bridgehead atoms. The Morgan fingerprint density at radius 3 is 2.68 bits per heavy atom. The maximum Gasteiger partial charge on any atom is 0.203 e. The van der Waals surface area contributed by atoms with Crippen LogP contribution < -0.4 is 5.43 Å². The first-order valence-corrected chi connectivity index (χ1v) is 7.70. The summed E-state index contributed by atoms with van der Waals surface area (Å²) in [5.41, 5.74) is 6.78. The Labute approximate surface area is 132 Å². The molecule has 22 heavy (non-hydrogen) atoms. The van der Waals surface area contributed by atoms with Crippen LogP contribution in [0.4, 0.5) is 5.13 Å². The molecule has 2 N–H and O–H groups in total. The molecule has 3 aromatic rings. The summed E-state index contributed by atoms with van der Waals surface area (Å²) in [4.78, 5) is 4.49.